The van der Waals surface area contributed by atoms with Crippen molar-refractivity contribution in [3.8, 4) is 5.88 Å². The Kier molecular flexibility index (Phi) is 8.60. The predicted molar refractivity (Wildman–Crippen MR) is 119 cm³/mol. The third-order valence-corrected chi connectivity index (χ3v) is 6.37. The first kappa shape index (κ1) is 27.5. The maximum atomic E-state index is 13.1. The first-order valence-electron chi connectivity index (χ1n) is 10.4. The lowest BCUT2D eigenvalue weighted by atomic mass is 10.0. The largest absolute Gasteiger partial charge is 0.474 e. The summed E-state index contributed by atoms with van der Waals surface area (Å²) in [4.78, 5) is 12.4. The van der Waals surface area contributed by atoms with Crippen LogP contribution in [0.1, 0.15) is 50.9 Å². The normalized spacial score (nSPS) is 15.8. The summed E-state index contributed by atoms with van der Waals surface area (Å²) >= 11 is 0. The van der Waals surface area contributed by atoms with Gasteiger partial charge in [-0.25, -0.2) is 31.4 Å². The minimum Gasteiger partial charge on any atom is -0.474 e. The van der Waals surface area contributed by atoms with E-state index in [0.29, 0.717) is 17.9 Å². The van der Waals surface area contributed by atoms with E-state index in [-0.39, 0.29) is 47.2 Å². The summed E-state index contributed by atoms with van der Waals surface area (Å²) in [5, 5.41) is 10.7. The SMILES string of the molecule is CO[C@@H]1COc2c(S(=O)(=O)NC(=O)Nc3c(C(C)C)nn(CC(F)F)c3C(C)C)cnn2C1.N. The van der Waals surface area contributed by atoms with Crippen LogP contribution in [-0.4, -0.2) is 60.3 Å². The van der Waals surface area contributed by atoms with Gasteiger partial charge in [0.25, 0.3) is 16.4 Å². The third kappa shape index (κ3) is 5.64. The van der Waals surface area contributed by atoms with Crippen LogP contribution < -0.4 is 20.9 Å². The fraction of sp³-hybridized carbons (Fsp3) is 0.632. The number of carbonyl (C=O) groups excluding carboxylic acids is 1. The minimum atomic E-state index is -4.34. The van der Waals surface area contributed by atoms with Crippen molar-refractivity contribution in [2.45, 2.75) is 70.0 Å². The van der Waals surface area contributed by atoms with Crippen LogP contribution in [0, 0.1) is 0 Å². The van der Waals surface area contributed by atoms with Crippen molar-refractivity contribution in [1.29, 1.82) is 0 Å². The molecular weight excluding hydrogens is 476 g/mol. The average Bonchev–Trinajstić information content (AvgIpc) is 3.28. The van der Waals surface area contributed by atoms with E-state index in [1.807, 2.05) is 4.72 Å². The van der Waals surface area contributed by atoms with Gasteiger partial charge in [0.2, 0.25) is 5.88 Å². The molecular formula is C19H31F2N7O5S. The number of methoxy groups -OCH3 is 1. The molecule has 15 heteroatoms. The van der Waals surface area contributed by atoms with Crippen molar-refractivity contribution >= 4 is 21.7 Å². The Morgan fingerprint density at radius 3 is 2.53 bits per heavy atom. The van der Waals surface area contributed by atoms with E-state index in [1.54, 1.807) is 27.7 Å². The van der Waals surface area contributed by atoms with Crippen molar-refractivity contribution in [2.24, 2.45) is 0 Å². The number of hydrogen-bond acceptors (Lipinski definition) is 8. The molecule has 0 saturated heterocycles. The van der Waals surface area contributed by atoms with E-state index in [2.05, 4.69) is 15.5 Å². The highest BCUT2D eigenvalue weighted by Gasteiger charge is 2.32. The number of alkyl halides is 2. The van der Waals surface area contributed by atoms with Crippen molar-refractivity contribution in [3.05, 3.63) is 17.6 Å². The summed E-state index contributed by atoms with van der Waals surface area (Å²) < 4.78 is 66.9. The highest BCUT2D eigenvalue weighted by Crippen LogP contribution is 2.33. The molecule has 0 saturated carbocycles. The van der Waals surface area contributed by atoms with Crippen LogP contribution in [-0.2, 0) is 27.8 Å². The number of halogens is 2. The van der Waals surface area contributed by atoms with E-state index < -0.39 is 29.0 Å². The van der Waals surface area contributed by atoms with Gasteiger partial charge < -0.3 is 20.9 Å². The van der Waals surface area contributed by atoms with Crippen molar-refractivity contribution in [3.63, 3.8) is 0 Å². The molecule has 0 fully saturated rings. The first-order valence-corrected chi connectivity index (χ1v) is 11.9. The molecule has 3 heterocycles. The maximum Gasteiger partial charge on any atom is 0.333 e. The van der Waals surface area contributed by atoms with Gasteiger partial charge in [0.05, 0.1) is 29.8 Å². The van der Waals surface area contributed by atoms with E-state index >= 15 is 0 Å². The van der Waals surface area contributed by atoms with Gasteiger partial charge in [-0.15, -0.1) is 0 Å². The zero-order chi connectivity index (χ0) is 24.5. The molecule has 0 radical (unpaired) electrons. The second kappa shape index (κ2) is 10.7. The number of nitrogens with one attached hydrogen (secondary N) is 2. The number of sulfonamides is 1. The lowest BCUT2D eigenvalue weighted by Gasteiger charge is -2.23. The molecule has 2 amide bonds. The molecule has 2 aromatic rings. The average molecular weight is 508 g/mol. The number of rotatable bonds is 8. The number of urea groups is 1. The molecule has 0 unspecified atom stereocenters. The monoisotopic (exact) mass is 507 g/mol. The summed E-state index contributed by atoms with van der Waals surface area (Å²) in [6.07, 6.45) is -1.84. The number of carbonyl (C=O) groups is 1. The highest BCUT2D eigenvalue weighted by atomic mass is 32.2. The number of hydrogen-bond donors (Lipinski definition) is 3. The maximum absolute atomic E-state index is 13.1. The van der Waals surface area contributed by atoms with Gasteiger partial charge in [0.1, 0.15) is 19.3 Å². The standard InChI is InChI=1S/C19H28F2N6O5S.H3N/c1-10(2)15-16(17(11(3)4)26(24-15)8-14(20)21)23-19(28)25-33(29,30)13-6-22-27-7-12(31-5)9-32-18(13)27;/h6,10-12,14H,7-9H2,1-5H3,(H2,23,25,28);1H3/t12-;/m0./s1. The molecule has 0 spiro atoms. The molecule has 192 valence electrons. The molecule has 0 bridgehead atoms. The van der Waals surface area contributed by atoms with E-state index in [4.69, 9.17) is 9.47 Å². The second-order valence-electron chi connectivity index (χ2n) is 8.25. The number of ether oxygens (including phenoxy) is 2. The minimum absolute atomic E-state index is 0. The number of fused-ring (bicyclic) bond motifs is 1. The Morgan fingerprint density at radius 1 is 1.29 bits per heavy atom. The van der Waals surface area contributed by atoms with Gasteiger partial charge in [-0.1, -0.05) is 27.7 Å². The summed E-state index contributed by atoms with van der Waals surface area (Å²) in [5.74, 6) is -0.474. The lowest BCUT2D eigenvalue weighted by molar-refractivity contribution is 0.0165. The molecule has 2 aromatic heterocycles. The van der Waals surface area contributed by atoms with Gasteiger partial charge in [0.15, 0.2) is 4.90 Å². The summed E-state index contributed by atoms with van der Waals surface area (Å²) in [6.45, 7) is 6.92. The van der Waals surface area contributed by atoms with Gasteiger partial charge in [-0.2, -0.15) is 10.2 Å². The lowest BCUT2D eigenvalue weighted by Crippen LogP contribution is -2.36. The number of anilines is 1. The van der Waals surface area contributed by atoms with Crippen molar-refractivity contribution in [1.82, 2.24) is 30.4 Å². The molecule has 3 rings (SSSR count). The molecule has 34 heavy (non-hydrogen) atoms. The first-order chi connectivity index (χ1) is 15.4. The topological polar surface area (TPSA) is 164 Å². The zero-order valence-corrected chi connectivity index (χ0v) is 20.5. The van der Waals surface area contributed by atoms with Crippen LogP contribution in [0.2, 0.25) is 0 Å². The van der Waals surface area contributed by atoms with E-state index in [9.17, 15) is 22.0 Å². The predicted octanol–water partition coefficient (Wildman–Crippen LogP) is 2.67. The second-order valence-corrected chi connectivity index (χ2v) is 9.90. The van der Waals surface area contributed by atoms with Crippen molar-refractivity contribution < 1.29 is 31.5 Å². The van der Waals surface area contributed by atoms with Crippen LogP contribution in [0.4, 0.5) is 19.3 Å². The van der Waals surface area contributed by atoms with Gasteiger partial charge in [-0.05, 0) is 11.8 Å². The molecule has 0 aromatic carbocycles. The van der Waals surface area contributed by atoms with Gasteiger partial charge in [0, 0.05) is 7.11 Å². The molecule has 1 aliphatic rings. The Hall–Kier alpha value is -2.78. The van der Waals surface area contributed by atoms with Gasteiger partial charge in [-0.3, -0.25) is 4.68 Å². The molecule has 5 N–H and O–H groups in total. The van der Waals surface area contributed by atoms with Crippen LogP contribution in [0.3, 0.4) is 0 Å². The fourth-order valence-electron chi connectivity index (χ4n) is 3.58. The van der Waals surface area contributed by atoms with E-state index in [1.165, 1.54) is 11.8 Å². The Bertz CT molecular complexity index is 1110. The van der Waals surface area contributed by atoms with Crippen molar-refractivity contribution in [2.75, 3.05) is 19.0 Å². The fourth-order valence-corrected chi connectivity index (χ4v) is 4.56. The summed E-state index contributed by atoms with van der Waals surface area (Å²) in [5.41, 5.74) is 0.969. The van der Waals surface area contributed by atoms with Crippen LogP contribution in [0.15, 0.2) is 11.1 Å². The molecule has 0 aliphatic carbocycles. The van der Waals surface area contributed by atoms with E-state index in [0.717, 1.165) is 10.9 Å². The van der Waals surface area contributed by atoms with Crippen LogP contribution in [0.25, 0.3) is 0 Å². The molecule has 1 aliphatic heterocycles. The third-order valence-electron chi connectivity index (χ3n) is 5.05. The van der Waals surface area contributed by atoms with Gasteiger partial charge >= 0.3 is 6.03 Å². The number of aromatic nitrogens is 4. The Morgan fingerprint density at radius 2 is 1.97 bits per heavy atom. The number of nitrogens with zero attached hydrogens (tertiary/aromatic N) is 4. The summed E-state index contributed by atoms with van der Waals surface area (Å²) in [6, 6.07) is -1.05. The number of amides is 2. The quantitative estimate of drug-likeness (QED) is 0.491. The Balaban J connectivity index is 0.00000408. The zero-order valence-electron chi connectivity index (χ0n) is 19.7. The smallest absolute Gasteiger partial charge is 0.333 e. The van der Waals surface area contributed by atoms with Crippen LogP contribution >= 0.6 is 0 Å². The molecule has 1 atom stereocenters. The van der Waals surface area contributed by atoms with Crippen LogP contribution in [0.5, 0.6) is 5.88 Å². The highest BCUT2D eigenvalue weighted by molar-refractivity contribution is 7.90. The molecule has 12 nitrogen and oxygen atoms in total. The summed E-state index contributed by atoms with van der Waals surface area (Å²) in [7, 11) is -2.83. The Labute approximate surface area is 196 Å².